The topological polar surface area (TPSA) is 12.4 Å². The second kappa shape index (κ2) is 10.3. The number of rotatable bonds is 7. The van der Waals surface area contributed by atoms with Crippen molar-refractivity contribution in [2.75, 3.05) is 11.9 Å². The SMILES string of the molecule is S=C=NCCCCCCCBr. The molecule has 0 heterocycles. The minimum atomic E-state index is 0.859. The first kappa shape index (κ1) is 11.3. The molecule has 0 radical (unpaired) electrons. The van der Waals surface area contributed by atoms with Gasteiger partial charge in [-0.3, -0.25) is 0 Å². The Labute approximate surface area is 82.4 Å². The van der Waals surface area contributed by atoms with Gasteiger partial charge in [0.1, 0.15) is 0 Å². The summed E-state index contributed by atoms with van der Waals surface area (Å²) in [6.07, 6.45) is 6.36. The number of thiocarbonyl (C=S) groups is 1. The molecule has 0 fully saturated rings. The largest absolute Gasteiger partial charge is 0.233 e. The molecule has 64 valence electrons. The highest BCUT2D eigenvalue weighted by Crippen LogP contribution is 2.04. The van der Waals surface area contributed by atoms with Crippen LogP contribution >= 0.6 is 28.1 Å². The molecule has 1 nitrogen and oxygen atoms in total. The van der Waals surface area contributed by atoms with Gasteiger partial charge in [0.2, 0.25) is 0 Å². The molecule has 0 N–H and O–H groups in total. The first-order valence-corrected chi connectivity index (χ1v) is 5.54. The van der Waals surface area contributed by atoms with Gasteiger partial charge in [0.15, 0.2) is 0 Å². The fourth-order valence-corrected chi connectivity index (χ4v) is 1.35. The summed E-state index contributed by atoms with van der Waals surface area (Å²) in [6, 6.07) is 0. The Hall–Kier alpha value is 0.280. The maximum Gasteiger partial charge on any atom is 0.0584 e. The third kappa shape index (κ3) is 10.3. The molecule has 0 atom stereocenters. The summed E-state index contributed by atoms with van der Waals surface area (Å²) in [5.41, 5.74) is 0. The van der Waals surface area contributed by atoms with E-state index in [0.29, 0.717) is 0 Å². The normalized spacial score (nSPS) is 9.18. The number of hydrogen-bond acceptors (Lipinski definition) is 2. The van der Waals surface area contributed by atoms with E-state index in [1.54, 1.807) is 0 Å². The van der Waals surface area contributed by atoms with E-state index in [1.165, 1.54) is 25.7 Å². The third-order valence-corrected chi connectivity index (χ3v) is 2.16. The van der Waals surface area contributed by atoms with Gasteiger partial charge in [0, 0.05) is 11.9 Å². The van der Waals surface area contributed by atoms with Gasteiger partial charge in [0.05, 0.1) is 5.16 Å². The fourth-order valence-electron chi connectivity index (χ4n) is 0.861. The van der Waals surface area contributed by atoms with Crippen LogP contribution in [0.2, 0.25) is 0 Å². The van der Waals surface area contributed by atoms with Gasteiger partial charge in [-0.25, -0.2) is 4.99 Å². The quantitative estimate of drug-likeness (QED) is 0.285. The number of nitrogens with zero attached hydrogens (tertiary/aromatic N) is 1. The van der Waals surface area contributed by atoms with Gasteiger partial charge in [-0.15, -0.1) is 0 Å². The zero-order valence-corrected chi connectivity index (χ0v) is 9.09. The van der Waals surface area contributed by atoms with Crippen molar-refractivity contribution in [2.45, 2.75) is 32.1 Å². The highest BCUT2D eigenvalue weighted by atomic mass is 79.9. The number of hydrogen-bond donors (Lipinski definition) is 0. The van der Waals surface area contributed by atoms with E-state index in [1.807, 2.05) is 0 Å². The lowest BCUT2D eigenvalue weighted by Gasteiger charge is -1.95. The van der Waals surface area contributed by atoms with Crippen LogP contribution in [0.25, 0.3) is 0 Å². The lowest BCUT2D eigenvalue weighted by molar-refractivity contribution is 0.643. The number of halogens is 1. The molecule has 0 bridgehead atoms. The second-order valence-corrected chi connectivity index (χ2v) is 3.41. The average molecular weight is 236 g/mol. The smallest absolute Gasteiger partial charge is 0.0584 e. The molecule has 0 rings (SSSR count). The fraction of sp³-hybridized carbons (Fsp3) is 0.875. The van der Waals surface area contributed by atoms with Crippen LogP contribution in [0.3, 0.4) is 0 Å². The van der Waals surface area contributed by atoms with Gasteiger partial charge < -0.3 is 0 Å². The maximum absolute atomic E-state index is 4.45. The monoisotopic (exact) mass is 235 g/mol. The Bertz CT molecular complexity index is 121. The van der Waals surface area contributed by atoms with Gasteiger partial charge >= 0.3 is 0 Å². The third-order valence-electron chi connectivity index (χ3n) is 1.47. The lowest BCUT2D eigenvalue weighted by atomic mass is 10.2. The van der Waals surface area contributed by atoms with E-state index in [9.17, 15) is 0 Å². The van der Waals surface area contributed by atoms with Crippen LogP contribution in [0.1, 0.15) is 32.1 Å². The molecule has 0 spiro atoms. The van der Waals surface area contributed by atoms with Crippen LogP contribution in [-0.4, -0.2) is 17.0 Å². The van der Waals surface area contributed by atoms with E-state index >= 15 is 0 Å². The van der Waals surface area contributed by atoms with Crippen LogP contribution in [-0.2, 0) is 0 Å². The van der Waals surface area contributed by atoms with Crippen molar-refractivity contribution in [2.24, 2.45) is 4.99 Å². The molecule has 0 aromatic rings. The van der Waals surface area contributed by atoms with Crippen molar-refractivity contribution >= 4 is 33.3 Å². The minimum absolute atomic E-state index is 0.859. The standard InChI is InChI=1S/C8H14BrNS/c9-6-4-2-1-3-5-7-10-8-11/h1-7H2. The minimum Gasteiger partial charge on any atom is -0.233 e. The highest BCUT2D eigenvalue weighted by molar-refractivity contribution is 9.09. The number of unbranched alkanes of at least 4 members (excludes halogenated alkanes) is 4. The Morgan fingerprint density at radius 1 is 1.09 bits per heavy atom. The van der Waals surface area contributed by atoms with Crippen LogP contribution in [0.15, 0.2) is 4.99 Å². The predicted octanol–water partition coefficient (Wildman–Crippen LogP) is 3.43. The highest BCUT2D eigenvalue weighted by Gasteiger charge is 1.87. The number of isothiocyanates is 1. The maximum atomic E-state index is 4.45. The van der Waals surface area contributed by atoms with Crippen molar-refractivity contribution in [1.29, 1.82) is 0 Å². The van der Waals surface area contributed by atoms with Gasteiger partial charge in [-0.2, -0.15) is 0 Å². The molecule has 0 aromatic carbocycles. The van der Waals surface area contributed by atoms with Gasteiger partial charge in [-0.1, -0.05) is 35.2 Å². The van der Waals surface area contributed by atoms with Crippen molar-refractivity contribution in [3.8, 4) is 0 Å². The van der Waals surface area contributed by atoms with Crippen molar-refractivity contribution in [1.82, 2.24) is 0 Å². The van der Waals surface area contributed by atoms with E-state index in [4.69, 9.17) is 0 Å². The van der Waals surface area contributed by atoms with E-state index in [0.717, 1.165) is 18.3 Å². The molecule has 0 saturated carbocycles. The van der Waals surface area contributed by atoms with E-state index in [-0.39, 0.29) is 0 Å². The lowest BCUT2D eigenvalue weighted by Crippen LogP contribution is -1.82. The molecular weight excluding hydrogens is 222 g/mol. The van der Waals surface area contributed by atoms with Gasteiger partial charge in [-0.05, 0) is 25.1 Å². The number of aliphatic imine (C=N–C) groups is 1. The molecule has 0 aliphatic heterocycles. The van der Waals surface area contributed by atoms with Crippen LogP contribution in [0, 0.1) is 0 Å². The van der Waals surface area contributed by atoms with Crippen molar-refractivity contribution in [3.05, 3.63) is 0 Å². The molecule has 11 heavy (non-hydrogen) atoms. The number of alkyl halides is 1. The van der Waals surface area contributed by atoms with Crippen LogP contribution in [0.4, 0.5) is 0 Å². The summed E-state index contributed by atoms with van der Waals surface area (Å²) in [5.74, 6) is 0. The predicted molar refractivity (Wildman–Crippen MR) is 56.8 cm³/mol. The summed E-state index contributed by atoms with van der Waals surface area (Å²) in [5, 5.41) is 3.50. The summed E-state index contributed by atoms with van der Waals surface area (Å²) in [6.45, 7) is 0.859. The van der Waals surface area contributed by atoms with E-state index < -0.39 is 0 Å². The molecule has 0 aliphatic carbocycles. The van der Waals surface area contributed by atoms with Crippen molar-refractivity contribution < 1.29 is 0 Å². The molecular formula is C8H14BrNS. The summed E-state index contributed by atoms with van der Waals surface area (Å²) in [7, 11) is 0. The average Bonchev–Trinajstić information content (AvgIpc) is 2.03. The van der Waals surface area contributed by atoms with Crippen LogP contribution in [0.5, 0.6) is 0 Å². The molecule has 3 heteroatoms. The van der Waals surface area contributed by atoms with Crippen molar-refractivity contribution in [3.63, 3.8) is 0 Å². The van der Waals surface area contributed by atoms with Crippen LogP contribution < -0.4 is 0 Å². The summed E-state index contributed by atoms with van der Waals surface area (Å²) < 4.78 is 0. The molecule has 0 aliphatic rings. The molecule has 0 aromatic heterocycles. The Balaban J connectivity index is 2.84. The Morgan fingerprint density at radius 3 is 2.36 bits per heavy atom. The zero-order valence-electron chi connectivity index (χ0n) is 6.68. The van der Waals surface area contributed by atoms with E-state index in [2.05, 4.69) is 38.3 Å². The second-order valence-electron chi connectivity index (χ2n) is 2.43. The summed E-state index contributed by atoms with van der Waals surface area (Å²) in [4.78, 5) is 3.85. The zero-order chi connectivity index (χ0) is 8.36. The Morgan fingerprint density at radius 2 is 1.73 bits per heavy atom. The first-order valence-electron chi connectivity index (χ1n) is 4.01. The molecule has 0 unspecified atom stereocenters. The Kier molecular flexibility index (Phi) is 10.5. The van der Waals surface area contributed by atoms with Gasteiger partial charge in [0.25, 0.3) is 0 Å². The summed E-state index contributed by atoms with van der Waals surface area (Å²) >= 11 is 7.85. The first-order chi connectivity index (χ1) is 5.41. The molecule has 0 amide bonds. The molecule has 0 saturated heterocycles.